The number of hydrogen-bond acceptors (Lipinski definition) is 3. The molecule has 0 bridgehead atoms. The highest BCUT2D eigenvalue weighted by molar-refractivity contribution is 5.91. The van der Waals surface area contributed by atoms with E-state index in [0.29, 0.717) is 13.2 Å². The van der Waals surface area contributed by atoms with E-state index in [0.717, 1.165) is 18.9 Å². The minimum Gasteiger partial charge on any atom is -0.478 e. The number of carboxylic acids is 1. The van der Waals surface area contributed by atoms with Crippen molar-refractivity contribution in [2.75, 3.05) is 18.5 Å². The first-order valence-corrected chi connectivity index (χ1v) is 6.25. The maximum atomic E-state index is 13.6. The molecule has 3 N–H and O–H groups in total. The molecule has 1 unspecified atom stereocenters. The summed E-state index contributed by atoms with van der Waals surface area (Å²) in [6.45, 7) is 1.06. The fourth-order valence-corrected chi connectivity index (χ4v) is 1.93. The SMILES string of the molecule is O=C(NCC1CCCO1)Nc1ccc(C(=O)O)cc1F. The molecule has 1 aliphatic heterocycles. The summed E-state index contributed by atoms with van der Waals surface area (Å²) in [6.07, 6.45) is 1.86. The van der Waals surface area contributed by atoms with Gasteiger partial charge in [0.05, 0.1) is 17.4 Å². The van der Waals surface area contributed by atoms with E-state index in [4.69, 9.17) is 9.84 Å². The molecule has 1 heterocycles. The van der Waals surface area contributed by atoms with Crippen molar-refractivity contribution in [1.29, 1.82) is 0 Å². The van der Waals surface area contributed by atoms with Crippen LogP contribution in [0.15, 0.2) is 18.2 Å². The average Bonchev–Trinajstić information content (AvgIpc) is 2.91. The van der Waals surface area contributed by atoms with Gasteiger partial charge in [-0.15, -0.1) is 0 Å². The van der Waals surface area contributed by atoms with Crippen molar-refractivity contribution in [2.24, 2.45) is 0 Å². The van der Waals surface area contributed by atoms with Crippen molar-refractivity contribution in [3.63, 3.8) is 0 Å². The van der Waals surface area contributed by atoms with Gasteiger partial charge in [0.15, 0.2) is 0 Å². The van der Waals surface area contributed by atoms with E-state index in [1.807, 2.05) is 0 Å². The molecule has 0 radical (unpaired) electrons. The highest BCUT2D eigenvalue weighted by atomic mass is 19.1. The van der Waals surface area contributed by atoms with Crippen molar-refractivity contribution < 1.29 is 23.8 Å². The molecule has 108 valence electrons. The summed E-state index contributed by atoms with van der Waals surface area (Å²) in [7, 11) is 0. The van der Waals surface area contributed by atoms with E-state index in [9.17, 15) is 14.0 Å². The third-order valence-corrected chi connectivity index (χ3v) is 2.98. The number of benzene rings is 1. The van der Waals surface area contributed by atoms with Crippen LogP contribution in [0.25, 0.3) is 0 Å². The number of halogens is 1. The second-order valence-electron chi connectivity index (χ2n) is 4.47. The largest absolute Gasteiger partial charge is 0.478 e. The summed E-state index contributed by atoms with van der Waals surface area (Å²) in [5.41, 5.74) is -0.243. The molecule has 0 spiro atoms. The maximum absolute atomic E-state index is 13.6. The molecule has 1 aliphatic rings. The normalized spacial score (nSPS) is 17.8. The zero-order valence-electron chi connectivity index (χ0n) is 10.7. The van der Waals surface area contributed by atoms with Crippen LogP contribution in [-0.2, 0) is 4.74 Å². The summed E-state index contributed by atoms with van der Waals surface area (Å²) >= 11 is 0. The lowest BCUT2D eigenvalue weighted by atomic mass is 10.2. The number of carbonyl (C=O) groups excluding carboxylic acids is 1. The predicted octanol–water partition coefficient (Wildman–Crippen LogP) is 1.82. The van der Waals surface area contributed by atoms with Crippen molar-refractivity contribution in [3.05, 3.63) is 29.6 Å². The quantitative estimate of drug-likeness (QED) is 0.786. The third kappa shape index (κ3) is 3.67. The molecule has 20 heavy (non-hydrogen) atoms. The summed E-state index contributed by atoms with van der Waals surface area (Å²) < 4.78 is 18.9. The Morgan fingerprint density at radius 3 is 2.85 bits per heavy atom. The minimum atomic E-state index is -1.22. The molecule has 6 nitrogen and oxygen atoms in total. The molecule has 7 heteroatoms. The molecule has 1 saturated heterocycles. The highest BCUT2D eigenvalue weighted by Crippen LogP contribution is 2.16. The lowest BCUT2D eigenvalue weighted by Gasteiger charge is -2.12. The Balaban J connectivity index is 1.88. The van der Waals surface area contributed by atoms with Crippen molar-refractivity contribution in [3.8, 4) is 0 Å². The van der Waals surface area contributed by atoms with Crippen LogP contribution in [0.1, 0.15) is 23.2 Å². The van der Waals surface area contributed by atoms with E-state index in [1.54, 1.807) is 0 Å². The van der Waals surface area contributed by atoms with Gasteiger partial charge in [-0.05, 0) is 31.0 Å². The van der Waals surface area contributed by atoms with Crippen LogP contribution < -0.4 is 10.6 Å². The van der Waals surface area contributed by atoms with E-state index in [1.165, 1.54) is 12.1 Å². The predicted molar refractivity (Wildman–Crippen MR) is 69.4 cm³/mol. The Morgan fingerprint density at radius 2 is 2.25 bits per heavy atom. The first kappa shape index (κ1) is 14.3. The van der Waals surface area contributed by atoms with Crippen molar-refractivity contribution in [1.82, 2.24) is 5.32 Å². The van der Waals surface area contributed by atoms with E-state index < -0.39 is 17.8 Å². The van der Waals surface area contributed by atoms with Crippen molar-refractivity contribution >= 4 is 17.7 Å². The second-order valence-corrected chi connectivity index (χ2v) is 4.47. The van der Waals surface area contributed by atoms with Gasteiger partial charge < -0.3 is 20.5 Å². The fourth-order valence-electron chi connectivity index (χ4n) is 1.93. The second kappa shape index (κ2) is 6.33. The number of urea groups is 1. The first-order chi connectivity index (χ1) is 9.56. The molecular weight excluding hydrogens is 267 g/mol. The van der Waals surface area contributed by atoms with Crippen molar-refractivity contribution in [2.45, 2.75) is 18.9 Å². The van der Waals surface area contributed by atoms with Gasteiger partial charge in [0.1, 0.15) is 5.82 Å². The van der Waals surface area contributed by atoms with Gasteiger partial charge in [-0.2, -0.15) is 0 Å². The minimum absolute atomic E-state index is 0.0000154. The van der Waals surface area contributed by atoms with E-state index >= 15 is 0 Å². The van der Waals surface area contributed by atoms with Gasteiger partial charge in [0.2, 0.25) is 0 Å². The number of hydrogen-bond donors (Lipinski definition) is 3. The van der Waals surface area contributed by atoms with Crippen LogP contribution in [0.2, 0.25) is 0 Å². The Bertz CT molecular complexity index is 515. The molecule has 0 aromatic heterocycles. The molecule has 1 aromatic carbocycles. The Morgan fingerprint density at radius 1 is 1.45 bits per heavy atom. The fraction of sp³-hybridized carbons (Fsp3) is 0.385. The van der Waals surface area contributed by atoms with Gasteiger partial charge in [-0.1, -0.05) is 0 Å². The van der Waals surface area contributed by atoms with Crippen LogP contribution in [0, 0.1) is 5.82 Å². The number of nitrogens with one attached hydrogen (secondary N) is 2. The molecule has 0 aliphatic carbocycles. The Kier molecular flexibility index (Phi) is 4.52. The Labute approximate surface area is 114 Å². The zero-order valence-corrected chi connectivity index (χ0v) is 10.7. The van der Waals surface area contributed by atoms with E-state index in [2.05, 4.69) is 10.6 Å². The molecule has 1 atom stereocenters. The van der Waals surface area contributed by atoms with Gasteiger partial charge in [0, 0.05) is 13.2 Å². The number of rotatable bonds is 4. The number of amides is 2. The summed E-state index contributed by atoms with van der Waals surface area (Å²) in [6, 6.07) is 2.74. The van der Waals surface area contributed by atoms with Crippen LogP contribution in [0.3, 0.4) is 0 Å². The number of ether oxygens (including phenoxy) is 1. The average molecular weight is 282 g/mol. The molecule has 2 rings (SSSR count). The monoisotopic (exact) mass is 282 g/mol. The number of anilines is 1. The number of carboxylic acid groups (broad SMARTS) is 1. The lowest BCUT2D eigenvalue weighted by Crippen LogP contribution is -2.35. The van der Waals surface area contributed by atoms with Crippen LogP contribution in [0.5, 0.6) is 0 Å². The highest BCUT2D eigenvalue weighted by Gasteiger charge is 2.16. The lowest BCUT2D eigenvalue weighted by molar-refractivity contribution is 0.0696. The first-order valence-electron chi connectivity index (χ1n) is 6.25. The van der Waals surface area contributed by atoms with E-state index in [-0.39, 0.29) is 17.4 Å². The molecule has 1 aromatic rings. The zero-order chi connectivity index (χ0) is 14.5. The maximum Gasteiger partial charge on any atom is 0.335 e. The van der Waals surface area contributed by atoms with Gasteiger partial charge in [-0.3, -0.25) is 0 Å². The molecule has 2 amide bonds. The van der Waals surface area contributed by atoms with Crippen LogP contribution in [0.4, 0.5) is 14.9 Å². The number of aromatic carboxylic acids is 1. The molecular formula is C13H15FN2O4. The topological polar surface area (TPSA) is 87.7 Å². The third-order valence-electron chi connectivity index (χ3n) is 2.98. The molecule has 0 saturated carbocycles. The summed E-state index contributed by atoms with van der Waals surface area (Å²) in [5, 5.41) is 13.6. The summed E-state index contributed by atoms with van der Waals surface area (Å²) in [4.78, 5) is 22.2. The summed E-state index contributed by atoms with van der Waals surface area (Å²) in [5.74, 6) is -2.02. The van der Waals surface area contributed by atoms with Gasteiger partial charge >= 0.3 is 12.0 Å². The smallest absolute Gasteiger partial charge is 0.335 e. The van der Waals surface area contributed by atoms with Gasteiger partial charge in [0.25, 0.3) is 0 Å². The Hall–Kier alpha value is -2.15. The molecule has 1 fully saturated rings. The standard InChI is InChI=1S/C13H15FN2O4/c14-10-6-8(12(17)18)3-4-11(10)16-13(19)15-7-9-2-1-5-20-9/h3-4,6,9H,1-2,5,7H2,(H,17,18)(H2,15,16,19). The van der Waals surface area contributed by atoms with Crippen LogP contribution >= 0.6 is 0 Å². The van der Waals surface area contributed by atoms with Crippen LogP contribution in [-0.4, -0.2) is 36.4 Å². The van der Waals surface area contributed by atoms with Gasteiger partial charge in [-0.25, -0.2) is 14.0 Å². The number of carbonyl (C=O) groups is 2.